The van der Waals surface area contributed by atoms with Crippen molar-refractivity contribution in [2.45, 2.75) is 21.3 Å². The summed E-state index contributed by atoms with van der Waals surface area (Å²) in [6.45, 7) is 0. The van der Waals surface area contributed by atoms with Gasteiger partial charge in [-0.2, -0.15) is 0 Å². The summed E-state index contributed by atoms with van der Waals surface area (Å²) in [6, 6.07) is 0. The first-order chi connectivity index (χ1) is 8.30. The molecule has 2 unspecified atom stereocenters. The maximum Gasteiger partial charge on any atom is 2.00 e. The third-order valence-corrected chi connectivity index (χ3v) is 5.30. The van der Waals surface area contributed by atoms with Gasteiger partial charge in [0.2, 0.25) is 0 Å². The van der Waals surface area contributed by atoms with Crippen molar-refractivity contribution >= 4 is 58.7 Å². The summed E-state index contributed by atoms with van der Waals surface area (Å²) in [5.74, 6) is -2.42. The second-order valence-corrected chi connectivity index (χ2v) is 7.57. The number of carbonyl (C=O) groups is 2. The van der Waals surface area contributed by atoms with Gasteiger partial charge in [-0.15, -0.1) is 46.7 Å². The molecule has 0 fully saturated rings. The third kappa shape index (κ3) is 5.31. The standard InChI is InChI=1S/2C5H5ClO2S.Zn/c2*6-5(4(7)8)2-1-3-9-5;/h2*1,3H,2H2,(H,7,8);/q;;+2/p-2. The van der Waals surface area contributed by atoms with Crippen LogP contribution in [0.25, 0.3) is 0 Å². The average molecular weight is 393 g/mol. The minimum Gasteiger partial charge on any atom is -0.547 e. The molecule has 4 nitrogen and oxygen atoms in total. The van der Waals surface area contributed by atoms with Crippen molar-refractivity contribution < 1.29 is 39.3 Å². The smallest absolute Gasteiger partial charge is 0.547 e. The molecular weight excluding hydrogens is 385 g/mol. The Morgan fingerprint density at radius 3 is 1.37 bits per heavy atom. The van der Waals surface area contributed by atoms with E-state index in [2.05, 4.69) is 0 Å². The minimum absolute atomic E-state index is 0. The van der Waals surface area contributed by atoms with Crippen LogP contribution in [0.2, 0.25) is 0 Å². The Morgan fingerprint density at radius 2 is 1.26 bits per heavy atom. The molecule has 0 amide bonds. The number of aliphatic carboxylic acids is 2. The van der Waals surface area contributed by atoms with Gasteiger partial charge in [0.05, 0.1) is 11.9 Å². The van der Waals surface area contributed by atoms with Crippen molar-refractivity contribution in [3.63, 3.8) is 0 Å². The van der Waals surface area contributed by atoms with Gasteiger partial charge in [-0.3, -0.25) is 0 Å². The summed E-state index contributed by atoms with van der Waals surface area (Å²) >= 11 is 13.2. The van der Waals surface area contributed by atoms with E-state index < -0.39 is 20.4 Å². The number of halogens is 2. The molecule has 0 bridgehead atoms. The number of hydrogen-bond acceptors (Lipinski definition) is 6. The summed E-state index contributed by atoms with van der Waals surface area (Å²) in [5, 5.41) is 23.8. The van der Waals surface area contributed by atoms with E-state index >= 15 is 0 Å². The van der Waals surface area contributed by atoms with Crippen LogP contribution in [0.3, 0.4) is 0 Å². The largest absolute Gasteiger partial charge is 2.00 e. The number of carbonyl (C=O) groups excluding carboxylic acids is 2. The van der Waals surface area contributed by atoms with Crippen molar-refractivity contribution in [1.82, 2.24) is 0 Å². The van der Waals surface area contributed by atoms with Crippen LogP contribution in [0.5, 0.6) is 0 Å². The normalized spacial score (nSPS) is 31.3. The second-order valence-electron chi connectivity index (χ2n) is 3.42. The predicted molar refractivity (Wildman–Crippen MR) is 69.9 cm³/mol. The van der Waals surface area contributed by atoms with E-state index in [-0.39, 0.29) is 19.5 Å². The SMILES string of the molecule is O=C([O-])C1(Cl)CC=CS1.O=C([O-])C1(Cl)CC=CS1.[Zn+2]. The van der Waals surface area contributed by atoms with E-state index in [1.807, 2.05) is 0 Å². The Labute approximate surface area is 141 Å². The zero-order valence-electron chi connectivity index (χ0n) is 9.64. The number of rotatable bonds is 2. The van der Waals surface area contributed by atoms with Gasteiger partial charge in [0, 0.05) is 12.8 Å². The van der Waals surface area contributed by atoms with Crippen LogP contribution < -0.4 is 10.2 Å². The number of alkyl halides is 2. The van der Waals surface area contributed by atoms with E-state index in [1.165, 1.54) is 0 Å². The van der Waals surface area contributed by atoms with E-state index in [0.717, 1.165) is 23.5 Å². The van der Waals surface area contributed by atoms with Crippen LogP contribution in [0.4, 0.5) is 0 Å². The van der Waals surface area contributed by atoms with Gasteiger partial charge in [-0.05, 0) is 10.8 Å². The van der Waals surface area contributed by atoms with Crippen LogP contribution in [0.15, 0.2) is 23.0 Å². The zero-order chi connectivity index (χ0) is 13.8. The number of carboxylic acids is 2. The van der Waals surface area contributed by atoms with E-state index in [4.69, 9.17) is 23.2 Å². The van der Waals surface area contributed by atoms with Crippen LogP contribution >= 0.6 is 46.7 Å². The number of allylic oxidation sites excluding steroid dienone is 2. The molecule has 0 spiro atoms. The second kappa shape index (κ2) is 7.94. The summed E-state index contributed by atoms with van der Waals surface area (Å²) < 4.78 is -2.44. The fraction of sp³-hybridized carbons (Fsp3) is 0.400. The van der Waals surface area contributed by atoms with Crippen LogP contribution in [0.1, 0.15) is 12.8 Å². The Hall–Kier alpha value is 0.323. The molecule has 0 aromatic carbocycles. The molecule has 2 atom stereocenters. The molecule has 0 N–H and O–H groups in total. The molecule has 0 saturated carbocycles. The predicted octanol–water partition coefficient (Wildman–Crippen LogP) is 0.641. The van der Waals surface area contributed by atoms with Crippen LogP contribution in [0, 0.1) is 0 Å². The van der Waals surface area contributed by atoms with E-state index in [1.54, 1.807) is 23.0 Å². The Kier molecular flexibility index (Phi) is 8.07. The Morgan fingerprint density at radius 1 is 0.947 bits per heavy atom. The maximum atomic E-state index is 10.2. The third-order valence-electron chi connectivity index (χ3n) is 2.07. The van der Waals surface area contributed by atoms with Crippen LogP contribution in [-0.2, 0) is 29.1 Å². The molecule has 2 heterocycles. The van der Waals surface area contributed by atoms with Crippen molar-refractivity contribution in [1.29, 1.82) is 0 Å². The molecule has 100 valence electrons. The zero-order valence-corrected chi connectivity index (χ0v) is 15.7. The van der Waals surface area contributed by atoms with Gasteiger partial charge in [0.25, 0.3) is 0 Å². The minimum atomic E-state index is -1.22. The van der Waals surface area contributed by atoms with Crippen molar-refractivity contribution in [2.75, 3.05) is 0 Å². The molecule has 0 aromatic rings. The fourth-order valence-corrected chi connectivity index (χ4v) is 2.95. The Bertz CT molecular complexity index is 360. The van der Waals surface area contributed by atoms with Crippen molar-refractivity contribution in [3.05, 3.63) is 23.0 Å². The molecule has 2 rings (SSSR count). The maximum absolute atomic E-state index is 10.2. The van der Waals surface area contributed by atoms with Gasteiger partial charge in [-0.25, -0.2) is 0 Å². The van der Waals surface area contributed by atoms with Gasteiger partial charge >= 0.3 is 19.5 Å². The molecule has 2 aliphatic rings. The van der Waals surface area contributed by atoms with E-state index in [0.29, 0.717) is 12.8 Å². The first-order valence-electron chi connectivity index (χ1n) is 4.76. The molecule has 19 heavy (non-hydrogen) atoms. The van der Waals surface area contributed by atoms with Crippen molar-refractivity contribution in [3.8, 4) is 0 Å². The molecule has 9 heteroatoms. The summed E-state index contributed by atoms with van der Waals surface area (Å²) in [7, 11) is 0. The first-order valence-corrected chi connectivity index (χ1v) is 7.28. The summed E-state index contributed by atoms with van der Waals surface area (Å²) in [5.41, 5.74) is 0. The number of hydrogen-bond donors (Lipinski definition) is 0. The molecule has 0 radical (unpaired) electrons. The molecule has 0 aromatic heterocycles. The summed E-state index contributed by atoms with van der Waals surface area (Å²) in [4.78, 5) is 20.4. The number of carboxylic acid groups (broad SMARTS) is 2. The quantitative estimate of drug-likeness (QED) is 0.507. The molecule has 2 aliphatic heterocycles. The molecular formula is C10H8Cl2O4S2Zn. The van der Waals surface area contributed by atoms with Gasteiger partial charge in [0.1, 0.15) is 8.41 Å². The topological polar surface area (TPSA) is 80.3 Å². The average Bonchev–Trinajstić information content (AvgIpc) is 2.90. The molecule has 0 saturated heterocycles. The van der Waals surface area contributed by atoms with Crippen LogP contribution in [-0.4, -0.2) is 20.4 Å². The molecule has 0 aliphatic carbocycles. The Balaban J connectivity index is 0.000000324. The monoisotopic (exact) mass is 390 g/mol. The van der Waals surface area contributed by atoms with Gasteiger partial charge in [-0.1, -0.05) is 12.2 Å². The van der Waals surface area contributed by atoms with Gasteiger partial charge < -0.3 is 19.8 Å². The van der Waals surface area contributed by atoms with Crippen molar-refractivity contribution in [2.24, 2.45) is 0 Å². The van der Waals surface area contributed by atoms with E-state index in [9.17, 15) is 19.8 Å². The summed E-state index contributed by atoms with van der Waals surface area (Å²) in [6.07, 6.45) is 4.13. The van der Waals surface area contributed by atoms with Gasteiger partial charge in [0.15, 0.2) is 0 Å². The first kappa shape index (κ1) is 19.3. The number of thioether (sulfide) groups is 2. The fourth-order valence-electron chi connectivity index (χ4n) is 1.07.